The van der Waals surface area contributed by atoms with Crippen LogP contribution >= 0.6 is 0 Å². The summed E-state index contributed by atoms with van der Waals surface area (Å²) >= 11 is 0. The van der Waals surface area contributed by atoms with Crippen LogP contribution < -0.4 is 5.32 Å². The van der Waals surface area contributed by atoms with Crippen molar-refractivity contribution in [3.63, 3.8) is 0 Å². The molecule has 0 spiro atoms. The van der Waals surface area contributed by atoms with Crippen molar-refractivity contribution in [1.82, 2.24) is 5.32 Å². The summed E-state index contributed by atoms with van der Waals surface area (Å²) in [6, 6.07) is 9.71. The Morgan fingerprint density at radius 1 is 1.11 bits per heavy atom. The SMILES string of the molecule is Cc1cc2occ(CC(=O)OCC(=O)NCc3ccc(F)cc3)c2cc1C. The Hall–Kier alpha value is -3.15. The maximum Gasteiger partial charge on any atom is 0.310 e. The van der Waals surface area contributed by atoms with Crippen molar-refractivity contribution < 1.29 is 23.1 Å². The van der Waals surface area contributed by atoms with Gasteiger partial charge in [0, 0.05) is 17.5 Å². The summed E-state index contributed by atoms with van der Waals surface area (Å²) in [6.45, 7) is 3.86. The molecule has 0 aliphatic rings. The first kappa shape index (κ1) is 18.6. The van der Waals surface area contributed by atoms with Gasteiger partial charge >= 0.3 is 5.97 Å². The Labute approximate surface area is 156 Å². The summed E-state index contributed by atoms with van der Waals surface area (Å²) in [6.07, 6.45) is 1.57. The lowest BCUT2D eigenvalue weighted by molar-refractivity contribution is -0.147. The van der Waals surface area contributed by atoms with Crippen molar-refractivity contribution >= 4 is 22.8 Å². The number of furan rings is 1. The minimum absolute atomic E-state index is 0.0285. The van der Waals surface area contributed by atoms with Crippen LogP contribution in [0.25, 0.3) is 11.0 Å². The Bertz CT molecular complexity index is 976. The molecule has 1 aromatic heterocycles. The molecule has 0 fully saturated rings. The Balaban J connectivity index is 1.50. The molecule has 0 aliphatic heterocycles. The topological polar surface area (TPSA) is 68.5 Å². The first-order chi connectivity index (χ1) is 12.9. The van der Waals surface area contributed by atoms with Crippen LogP contribution in [0.1, 0.15) is 22.3 Å². The number of aryl methyl sites for hydroxylation is 2. The number of fused-ring (bicyclic) bond motifs is 1. The highest BCUT2D eigenvalue weighted by Gasteiger charge is 2.14. The van der Waals surface area contributed by atoms with Gasteiger partial charge in [-0.2, -0.15) is 0 Å². The van der Waals surface area contributed by atoms with Crippen LogP contribution in [0, 0.1) is 19.7 Å². The number of ether oxygens (including phenoxy) is 1. The fourth-order valence-electron chi connectivity index (χ4n) is 2.68. The van der Waals surface area contributed by atoms with E-state index < -0.39 is 11.9 Å². The third-order valence-electron chi connectivity index (χ3n) is 4.37. The molecule has 3 rings (SSSR count). The zero-order valence-corrected chi connectivity index (χ0v) is 15.2. The molecule has 2 aromatic carbocycles. The zero-order chi connectivity index (χ0) is 19.4. The second kappa shape index (κ2) is 8.03. The van der Waals surface area contributed by atoms with E-state index in [0.29, 0.717) is 0 Å². The van der Waals surface area contributed by atoms with Gasteiger partial charge in [0.1, 0.15) is 11.4 Å². The molecule has 6 heteroatoms. The highest BCUT2D eigenvalue weighted by Crippen LogP contribution is 2.25. The maximum atomic E-state index is 12.8. The second-order valence-corrected chi connectivity index (χ2v) is 6.43. The molecule has 0 aliphatic carbocycles. The monoisotopic (exact) mass is 369 g/mol. The summed E-state index contributed by atoms with van der Waals surface area (Å²) in [5, 5.41) is 3.49. The van der Waals surface area contributed by atoms with Gasteiger partial charge in [0.25, 0.3) is 5.91 Å². The van der Waals surface area contributed by atoms with E-state index in [1.54, 1.807) is 18.4 Å². The van der Waals surface area contributed by atoms with Gasteiger partial charge in [0.15, 0.2) is 6.61 Å². The standard InChI is InChI=1S/C21H20FNO4/c1-13-7-18-16(11-26-19(18)8-14(13)2)9-21(25)27-12-20(24)23-10-15-3-5-17(22)6-4-15/h3-8,11H,9-10,12H2,1-2H3,(H,23,24). The predicted molar refractivity (Wildman–Crippen MR) is 98.6 cm³/mol. The molecule has 140 valence electrons. The molecule has 1 heterocycles. The van der Waals surface area contributed by atoms with Gasteiger partial charge in [-0.3, -0.25) is 9.59 Å². The molecule has 1 N–H and O–H groups in total. The van der Waals surface area contributed by atoms with E-state index >= 15 is 0 Å². The summed E-state index contributed by atoms with van der Waals surface area (Å²) < 4.78 is 23.4. The Kier molecular flexibility index (Phi) is 5.54. The molecular weight excluding hydrogens is 349 g/mol. The lowest BCUT2D eigenvalue weighted by Gasteiger charge is -2.07. The van der Waals surface area contributed by atoms with Crippen molar-refractivity contribution in [2.45, 2.75) is 26.8 Å². The summed E-state index contributed by atoms with van der Waals surface area (Å²) in [4.78, 5) is 23.8. The van der Waals surface area contributed by atoms with Crippen molar-refractivity contribution in [3.05, 3.63) is 70.7 Å². The third-order valence-corrected chi connectivity index (χ3v) is 4.37. The number of halogens is 1. The molecule has 0 radical (unpaired) electrons. The molecule has 0 atom stereocenters. The van der Waals surface area contributed by atoms with Gasteiger partial charge in [0.2, 0.25) is 0 Å². The Morgan fingerprint density at radius 2 is 1.81 bits per heavy atom. The quantitative estimate of drug-likeness (QED) is 0.674. The van der Waals surface area contributed by atoms with E-state index in [2.05, 4.69) is 5.32 Å². The van der Waals surface area contributed by atoms with Crippen LogP contribution in [0.5, 0.6) is 0 Å². The number of nitrogens with one attached hydrogen (secondary N) is 1. The van der Waals surface area contributed by atoms with E-state index in [4.69, 9.17) is 9.15 Å². The first-order valence-electron chi connectivity index (χ1n) is 8.56. The van der Waals surface area contributed by atoms with Gasteiger partial charge in [-0.05, 0) is 54.8 Å². The molecule has 27 heavy (non-hydrogen) atoms. The third kappa shape index (κ3) is 4.73. The van der Waals surface area contributed by atoms with E-state index in [9.17, 15) is 14.0 Å². The lowest BCUT2D eigenvalue weighted by atomic mass is 10.0. The number of hydrogen-bond donors (Lipinski definition) is 1. The van der Waals surface area contributed by atoms with Gasteiger partial charge in [-0.25, -0.2) is 4.39 Å². The van der Waals surface area contributed by atoms with Crippen molar-refractivity contribution in [2.24, 2.45) is 0 Å². The number of carbonyl (C=O) groups is 2. The Morgan fingerprint density at radius 3 is 2.56 bits per heavy atom. The molecule has 0 saturated heterocycles. The molecule has 3 aromatic rings. The summed E-state index contributed by atoms with van der Waals surface area (Å²) in [5.41, 5.74) is 4.43. The molecule has 0 bridgehead atoms. The van der Waals surface area contributed by atoms with E-state index in [1.165, 1.54) is 12.1 Å². The number of benzene rings is 2. The highest BCUT2D eigenvalue weighted by atomic mass is 19.1. The van der Waals surface area contributed by atoms with Gasteiger partial charge in [-0.1, -0.05) is 12.1 Å². The van der Waals surface area contributed by atoms with Crippen molar-refractivity contribution in [2.75, 3.05) is 6.61 Å². The average molecular weight is 369 g/mol. The highest BCUT2D eigenvalue weighted by molar-refractivity contribution is 5.87. The maximum absolute atomic E-state index is 12.8. The van der Waals surface area contributed by atoms with Crippen LogP contribution in [0.4, 0.5) is 4.39 Å². The number of esters is 1. The van der Waals surface area contributed by atoms with Crippen LogP contribution in [0.3, 0.4) is 0 Å². The fourth-order valence-corrected chi connectivity index (χ4v) is 2.68. The van der Waals surface area contributed by atoms with E-state index in [0.717, 1.165) is 33.2 Å². The van der Waals surface area contributed by atoms with Gasteiger partial charge in [0.05, 0.1) is 12.7 Å². The molecular formula is C21H20FNO4. The minimum atomic E-state index is -0.507. The molecule has 5 nitrogen and oxygen atoms in total. The van der Waals surface area contributed by atoms with Crippen LogP contribution in [-0.4, -0.2) is 18.5 Å². The average Bonchev–Trinajstić information content (AvgIpc) is 3.01. The van der Waals surface area contributed by atoms with E-state index in [1.807, 2.05) is 26.0 Å². The number of rotatable bonds is 6. The van der Waals surface area contributed by atoms with Crippen molar-refractivity contribution in [1.29, 1.82) is 0 Å². The normalized spacial score (nSPS) is 10.8. The van der Waals surface area contributed by atoms with E-state index in [-0.39, 0.29) is 25.4 Å². The van der Waals surface area contributed by atoms with Crippen LogP contribution in [0.15, 0.2) is 47.1 Å². The molecule has 0 saturated carbocycles. The van der Waals surface area contributed by atoms with Crippen LogP contribution in [-0.2, 0) is 27.3 Å². The fraction of sp³-hybridized carbons (Fsp3) is 0.238. The van der Waals surface area contributed by atoms with Crippen LogP contribution in [0.2, 0.25) is 0 Å². The summed E-state index contributed by atoms with van der Waals surface area (Å²) in [7, 11) is 0. The largest absolute Gasteiger partial charge is 0.464 e. The molecule has 0 unspecified atom stereocenters. The van der Waals surface area contributed by atoms with Crippen molar-refractivity contribution in [3.8, 4) is 0 Å². The van der Waals surface area contributed by atoms with Gasteiger partial charge in [-0.15, -0.1) is 0 Å². The minimum Gasteiger partial charge on any atom is -0.464 e. The lowest BCUT2D eigenvalue weighted by Crippen LogP contribution is -2.28. The number of hydrogen-bond acceptors (Lipinski definition) is 4. The first-order valence-corrected chi connectivity index (χ1v) is 8.56. The number of carbonyl (C=O) groups excluding carboxylic acids is 2. The summed E-state index contributed by atoms with van der Waals surface area (Å²) in [5.74, 6) is -1.26. The molecule has 1 amide bonds. The zero-order valence-electron chi connectivity index (χ0n) is 15.2. The van der Waals surface area contributed by atoms with Gasteiger partial charge < -0.3 is 14.5 Å². The number of amides is 1. The second-order valence-electron chi connectivity index (χ2n) is 6.43. The smallest absolute Gasteiger partial charge is 0.310 e. The predicted octanol–water partition coefficient (Wildman–Crippen LogP) is 3.59.